The van der Waals surface area contributed by atoms with Gasteiger partial charge in [0, 0.05) is 10.7 Å². The molecule has 1 atom stereocenters. The summed E-state index contributed by atoms with van der Waals surface area (Å²) in [7, 11) is 0. The number of carbonyl (C=O) groups is 2. The number of phenolic OH excluding ortho intramolecular Hbond substituents is 1. The number of amides is 1. The van der Waals surface area contributed by atoms with Gasteiger partial charge in [-0.2, -0.15) is 0 Å². The Bertz CT molecular complexity index is 743. The summed E-state index contributed by atoms with van der Waals surface area (Å²) in [6, 6.07) is 11.4. The molecule has 0 aliphatic heterocycles. The molecule has 2 aromatic rings. The number of aromatic hydroxyl groups is 1. The molecule has 0 fully saturated rings. The summed E-state index contributed by atoms with van der Waals surface area (Å²) in [4.78, 5) is 24.2. The number of hydrogen-bond acceptors (Lipinski definition) is 4. The van der Waals surface area contributed by atoms with Crippen molar-refractivity contribution in [1.29, 1.82) is 0 Å². The molecule has 0 unspecified atom stereocenters. The van der Waals surface area contributed by atoms with Crippen molar-refractivity contribution in [3.63, 3.8) is 0 Å². The lowest BCUT2D eigenvalue weighted by atomic mass is 10.1. The van der Waals surface area contributed by atoms with E-state index in [4.69, 9.17) is 16.3 Å². The molecule has 2 rings (SSSR count). The molecule has 0 saturated heterocycles. The van der Waals surface area contributed by atoms with Crippen LogP contribution in [0.25, 0.3) is 0 Å². The van der Waals surface area contributed by atoms with Gasteiger partial charge < -0.3 is 15.2 Å². The second kappa shape index (κ2) is 7.84. The molecule has 24 heavy (non-hydrogen) atoms. The monoisotopic (exact) mass is 347 g/mol. The number of hydrogen-bond donors (Lipinski definition) is 2. The molecular weight excluding hydrogens is 330 g/mol. The van der Waals surface area contributed by atoms with Crippen molar-refractivity contribution in [2.45, 2.75) is 26.4 Å². The maximum Gasteiger partial charge on any atom is 0.342 e. The molecule has 5 nitrogen and oxygen atoms in total. The topological polar surface area (TPSA) is 75.6 Å². The third-order valence-electron chi connectivity index (χ3n) is 3.46. The summed E-state index contributed by atoms with van der Waals surface area (Å²) in [6.07, 6.45) is -0.118. The Morgan fingerprint density at radius 3 is 2.50 bits per heavy atom. The van der Waals surface area contributed by atoms with Crippen molar-refractivity contribution >= 4 is 29.2 Å². The van der Waals surface area contributed by atoms with Gasteiger partial charge in [0.1, 0.15) is 11.3 Å². The van der Waals surface area contributed by atoms with Crippen LogP contribution in [-0.2, 0) is 16.0 Å². The van der Waals surface area contributed by atoms with E-state index in [0.717, 1.165) is 12.0 Å². The van der Waals surface area contributed by atoms with Crippen LogP contribution in [0.5, 0.6) is 5.75 Å². The van der Waals surface area contributed by atoms with Gasteiger partial charge in [0.25, 0.3) is 5.91 Å². The van der Waals surface area contributed by atoms with E-state index in [0.29, 0.717) is 5.69 Å². The van der Waals surface area contributed by atoms with Crippen LogP contribution in [0.4, 0.5) is 5.69 Å². The van der Waals surface area contributed by atoms with E-state index < -0.39 is 18.0 Å². The van der Waals surface area contributed by atoms with E-state index in [1.54, 1.807) is 12.1 Å². The lowest BCUT2D eigenvalue weighted by Gasteiger charge is -2.14. The van der Waals surface area contributed by atoms with Gasteiger partial charge in [-0.3, -0.25) is 4.79 Å². The van der Waals surface area contributed by atoms with Crippen LogP contribution in [0.3, 0.4) is 0 Å². The fourth-order valence-electron chi connectivity index (χ4n) is 2.02. The van der Waals surface area contributed by atoms with Crippen molar-refractivity contribution in [2.75, 3.05) is 5.32 Å². The van der Waals surface area contributed by atoms with E-state index >= 15 is 0 Å². The first-order chi connectivity index (χ1) is 11.4. The maximum atomic E-state index is 12.1. The summed E-state index contributed by atoms with van der Waals surface area (Å²) < 4.78 is 5.08. The van der Waals surface area contributed by atoms with Crippen molar-refractivity contribution in [1.82, 2.24) is 0 Å². The van der Waals surface area contributed by atoms with Crippen LogP contribution >= 0.6 is 11.6 Å². The molecule has 126 valence electrons. The van der Waals surface area contributed by atoms with Crippen molar-refractivity contribution in [3.05, 3.63) is 58.6 Å². The normalized spacial score (nSPS) is 11.6. The highest BCUT2D eigenvalue weighted by Gasteiger charge is 2.21. The van der Waals surface area contributed by atoms with E-state index in [2.05, 4.69) is 5.32 Å². The Kier molecular flexibility index (Phi) is 5.82. The second-order valence-corrected chi connectivity index (χ2v) is 5.69. The summed E-state index contributed by atoms with van der Waals surface area (Å²) in [5.74, 6) is -1.54. The van der Waals surface area contributed by atoms with Crippen molar-refractivity contribution in [3.8, 4) is 5.75 Å². The number of esters is 1. The Morgan fingerprint density at radius 1 is 1.21 bits per heavy atom. The van der Waals surface area contributed by atoms with Gasteiger partial charge in [-0.05, 0) is 49.2 Å². The lowest BCUT2D eigenvalue weighted by molar-refractivity contribution is -0.123. The van der Waals surface area contributed by atoms with E-state index in [1.807, 2.05) is 19.1 Å². The fraction of sp³-hybridized carbons (Fsp3) is 0.222. The number of aryl methyl sites for hydroxylation is 1. The van der Waals surface area contributed by atoms with E-state index in [1.165, 1.54) is 25.1 Å². The number of rotatable bonds is 5. The third kappa shape index (κ3) is 4.49. The number of benzene rings is 2. The molecule has 0 aromatic heterocycles. The minimum absolute atomic E-state index is 0.0885. The first-order valence-electron chi connectivity index (χ1n) is 7.50. The molecule has 6 heteroatoms. The van der Waals surface area contributed by atoms with Gasteiger partial charge in [-0.15, -0.1) is 0 Å². The van der Waals surface area contributed by atoms with Crippen LogP contribution in [0.2, 0.25) is 5.02 Å². The van der Waals surface area contributed by atoms with Gasteiger partial charge in [-0.25, -0.2) is 4.79 Å². The van der Waals surface area contributed by atoms with Crippen LogP contribution in [0.15, 0.2) is 42.5 Å². The molecule has 1 amide bonds. The zero-order chi connectivity index (χ0) is 17.7. The number of nitrogens with one attached hydrogen (secondary N) is 1. The van der Waals surface area contributed by atoms with Crippen molar-refractivity contribution in [2.24, 2.45) is 0 Å². The number of ether oxygens (including phenoxy) is 1. The minimum atomic E-state index is -1.03. The van der Waals surface area contributed by atoms with E-state index in [-0.39, 0.29) is 16.3 Å². The minimum Gasteiger partial charge on any atom is -0.507 e. The Hall–Kier alpha value is -2.53. The molecule has 2 aromatic carbocycles. The fourth-order valence-corrected chi connectivity index (χ4v) is 2.19. The summed E-state index contributed by atoms with van der Waals surface area (Å²) >= 11 is 5.79. The molecule has 0 radical (unpaired) electrons. The standard InChI is InChI=1S/C18H18ClNO4/c1-3-12-4-7-14(8-5-12)20-17(22)11(2)24-18(23)15-10-13(19)6-9-16(15)21/h4-11,21H,3H2,1-2H3,(H,20,22)/t11-/m0/s1. The Morgan fingerprint density at radius 2 is 1.88 bits per heavy atom. The second-order valence-electron chi connectivity index (χ2n) is 5.25. The predicted molar refractivity (Wildman–Crippen MR) is 92.4 cm³/mol. The van der Waals surface area contributed by atoms with Gasteiger partial charge in [0.15, 0.2) is 6.10 Å². The smallest absolute Gasteiger partial charge is 0.342 e. The average Bonchev–Trinajstić information content (AvgIpc) is 2.57. The first-order valence-corrected chi connectivity index (χ1v) is 7.87. The van der Waals surface area contributed by atoms with Crippen LogP contribution in [-0.4, -0.2) is 23.1 Å². The summed E-state index contributed by atoms with van der Waals surface area (Å²) in [5, 5.41) is 12.6. The summed E-state index contributed by atoms with van der Waals surface area (Å²) in [6.45, 7) is 3.50. The predicted octanol–water partition coefficient (Wildman–Crippen LogP) is 3.79. The third-order valence-corrected chi connectivity index (χ3v) is 3.70. The Labute approximate surface area is 145 Å². The number of phenols is 1. The first kappa shape index (κ1) is 17.8. The molecule has 2 N–H and O–H groups in total. The molecule has 0 aliphatic carbocycles. The zero-order valence-corrected chi connectivity index (χ0v) is 14.1. The number of halogens is 1. The average molecular weight is 348 g/mol. The van der Waals surface area contributed by atoms with Crippen LogP contribution < -0.4 is 5.32 Å². The van der Waals surface area contributed by atoms with Gasteiger partial charge >= 0.3 is 5.97 Å². The molecule has 0 heterocycles. The molecular formula is C18H18ClNO4. The summed E-state index contributed by atoms with van der Waals surface area (Å²) in [5.41, 5.74) is 1.68. The van der Waals surface area contributed by atoms with Crippen molar-refractivity contribution < 1.29 is 19.4 Å². The zero-order valence-electron chi connectivity index (χ0n) is 13.4. The maximum absolute atomic E-state index is 12.1. The van der Waals surface area contributed by atoms with Gasteiger partial charge in [0.05, 0.1) is 0 Å². The Balaban J connectivity index is 2.00. The molecule has 0 aliphatic rings. The quantitative estimate of drug-likeness (QED) is 0.807. The molecule has 0 saturated carbocycles. The van der Waals surface area contributed by atoms with Crippen LogP contribution in [0.1, 0.15) is 29.8 Å². The van der Waals surface area contributed by atoms with Gasteiger partial charge in [-0.1, -0.05) is 30.7 Å². The van der Waals surface area contributed by atoms with Crippen LogP contribution in [0, 0.1) is 0 Å². The van der Waals surface area contributed by atoms with Gasteiger partial charge in [0.2, 0.25) is 0 Å². The highest BCUT2D eigenvalue weighted by Crippen LogP contribution is 2.22. The SMILES string of the molecule is CCc1ccc(NC(=O)[C@H](C)OC(=O)c2cc(Cl)ccc2O)cc1. The largest absolute Gasteiger partial charge is 0.507 e. The van der Waals surface area contributed by atoms with E-state index in [9.17, 15) is 14.7 Å². The highest BCUT2D eigenvalue weighted by atomic mass is 35.5. The molecule has 0 bridgehead atoms. The number of carbonyl (C=O) groups excluding carboxylic acids is 2. The molecule has 0 spiro atoms. The number of anilines is 1. The lowest BCUT2D eigenvalue weighted by Crippen LogP contribution is -2.30. The highest BCUT2D eigenvalue weighted by molar-refractivity contribution is 6.31.